The normalized spacial score (nSPS) is 28.5. The Kier molecular flexibility index (Phi) is 2.83. The Morgan fingerprint density at radius 2 is 2.23 bits per heavy atom. The van der Waals surface area contributed by atoms with Gasteiger partial charge in [0, 0.05) is 12.5 Å². The van der Waals surface area contributed by atoms with Gasteiger partial charge in [-0.1, -0.05) is 0 Å². The first-order valence-corrected chi connectivity index (χ1v) is 5.23. The SMILES string of the molecule is O=C(OCC1CCCNC1)C1CC1. The van der Waals surface area contributed by atoms with Gasteiger partial charge in [0.25, 0.3) is 0 Å². The van der Waals surface area contributed by atoms with Crippen molar-refractivity contribution in [1.82, 2.24) is 5.32 Å². The van der Waals surface area contributed by atoms with Gasteiger partial charge in [-0.15, -0.1) is 0 Å². The molecule has 1 aliphatic carbocycles. The van der Waals surface area contributed by atoms with Crippen LogP contribution < -0.4 is 5.32 Å². The summed E-state index contributed by atoms with van der Waals surface area (Å²) in [5, 5.41) is 3.31. The van der Waals surface area contributed by atoms with E-state index in [-0.39, 0.29) is 11.9 Å². The highest BCUT2D eigenvalue weighted by atomic mass is 16.5. The van der Waals surface area contributed by atoms with Crippen molar-refractivity contribution in [2.75, 3.05) is 19.7 Å². The average molecular weight is 183 g/mol. The Labute approximate surface area is 78.8 Å². The van der Waals surface area contributed by atoms with Gasteiger partial charge >= 0.3 is 5.97 Å². The van der Waals surface area contributed by atoms with E-state index in [9.17, 15) is 4.79 Å². The molecule has 0 aromatic rings. The third-order valence-electron chi connectivity index (χ3n) is 2.77. The molecule has 1 N–H and O–H groups in total. The quantitative estimate of drug-likeness (QED) is 0.662. The number of esters is 1. The molecular weight excluding hydrogens is 166 g/mol. The summed E-state index contributed by atoms with van der Waals surface area (Å²) in [6.07, 6.45) is 4.50. The first kappa shape index (κ1) is 9.00. The highest BCUT2D eigenvalue weighted by molar-refractivity contribution is 5.74. The summed E-state index contributed by atoms with van der Waals surface area (Å²) >= 11 is 0. The van der Waals surface area contributed by atoms with Gasteiger partial charge in [0.15, 0.2) is 0 Å². The Morgan fingerprint density at radius 1 is 1.38 bits per heavy atom. The maximum Gasteiger partial charge on any atom is 0.308 e. The van der Waals surface area contributed by atoms with E-state index in [2.05, 4.69) is 5.32 Å². The van der Waals surface area contributed by atoms with E-state index < -0.39 is 0 Å². The second kappa shape index (κ2) is 4.09. The zero-order valence-corrected chi connectivity index (χ0v) is 7.92. The molecule has 1 unspecified atom stereocenters. The van der Waals surface area contributed by atoms with Crippen LogP contribution in [0.2, 0.25) is 0 Å². The van der Waals surface area contributed by atoms with E-state index in [1.807, 2.05) is 0 Å². The molecular formula is C10H17NO2. The zero-order chi connectivity index (χ0) is 9.10. The molecule has 0 radical (unpaired) electrons. The number of hydrogen-bond acceptors (Lipinski definition) is 3. The zero-order valence-electron chi connectivity index (χ0n) is 7.92. The van der Waals surface area contributed by atoms with Crippen LogP contribution in [-0.4, -0.2) is 25.7 Å². The number of carbonyl (C=O) groups excluding carboxylic acids is 1. The highest BCUT2D eigenvalue weighted by Crippen LogP contribution is 2.30. The fourth-order valence-corrected chi connectivity index (χ4v) is 1.70. The van der Waals surface area contributed by atoms with Crippen molar-refractivity contribution in [2.45, 2.75) is 25.7 Å². The Balaban J connectivity index is 1.62. The molecule has 1 atom stereocenters. The van der Waals surface area contributed by atoms with Gasteiger partial charge in [-0.3, -0.25) is 4.79 Å². The molecule has 0 aromatic heterocycles. The van der Waals surface area contributed by atoms with Gasteiger partial charge in [0.05, 0.1) is 12.5 Å². The van der Waals surface area contributed by atoms with E-state index >= 15 is 0 Å². The van der Waals surface area contributed by atoms with E-state index in [1.165, 1.54) is 12.8 Å². The van der Waals surface area contributed by atoms with Gasteiger partial charge < -0.3 is 10.1 Å². The minimum Gasteiger partial charge on any atom is -0.465 e. The summed E-state index contributed by atoms with van der Waals surface area (Å²) < 4.78 is 5.23. The predicted octanol–water partition coefficient (Wildman–Crippen LogP) is 0.939. The summed E-state index contributed by atoms with van der Waals surface area (Å²) in [4.78, 5) is 11.2. The lowest BCUT2D eigenvalue weighted by Crippen LogP contribution is -2.33. The van der Waals surface area contributed by atoms with Crippen LogP contribution in [0.3, 0.4) is 0 Å². The summed E-state index contributed by atoms with van der Waals surface area (Å²) in [7, 11) is 0. The first-order chi connectivity index (χ1) is 6.36. The Hall–Kier alpha value is -0.570. The molecule has 1 heterocycles. The molecule has 0 bridgehead atoms. The fourth-order valence-electron chi connectivity index (χ4n) is 1.70. The number of piperidine rings is 1. The number of nitrogens with one attached hydrogen (secondary N) is 1. The van der Waals surface area contributed by atoms with Gasteiger partial charge in [-0.25, -0.2) is 0 Å². The summed E-state index contributed by atoms with van der Waals surface area (Å²) in [5.74, 6) is 0.832. The summed E-state index contributed by atoms with van der Waals surface area (Å²) in [6, 6.07) is 0. The van der Waals surface area contributed by atoms with Gasteiger partial charge in [0.1, 0.15) is 0 Å². The van der Waals surface area contributed by atoms with Crippen molar-refractivity contribution in [1.29, 1.82) is 0 Å². The van der Waals surface area contributed by atoms with Crippen molar-refractivity contribution >= 4 is 5.97 Å². The van der Waals surface area contributed by atoms with Crippen LogP contribution >= 0.6 is 0 Å². The topological polar surface area (TPSA) is 38.3 Å². The molecule has 0 amide bonds. The predicted molar refractivity (Wildman–Crippen MR) is 49.3 cm³/mol. The van der Waals surface area contributed by atoms with Crippen molar-refractivity contribution in [2.24, 2.45) is 11.8 Å². The molecule has 1 saturated carbocycles. The highest BCUT2D eigenvalue weighted by Gasteiger charge is 2.31. The second-order valence-electron chi connectivity index (χ2n) is 4.12. The molecule has 1 aliphatic heterocycles. The van der Waals surface area contributed by atoms with Crippen LogP contribution in [0.5, 0.6) is 0 Å². The van der Waals surface area contributed by atoms with Crippen molar-refractivity contribution in [3.05, 3.63) is 0 Å². The van der Waals surface area contributed by atoms with Crippen molar-refractivity contribution in [3.8, 4) is 0 Å². The van der Waals surface area contributed by atoms with Gasteiger partial charge in [-0.2, -0.15) is 0 Å². The van der Waals surface area contributed by atoms with Crippen LogP contribution in [0, 0.1) is 11.8 Å². The molecule has 3 nitrogen and oxygen atoms in total. The molecule has 2 aliphatic rings. The molecule has 1 saturated heterocycles. The van der Waals surface area contributed by atoms with Crippen molar-refractivity contribution < 1.29 is 9.53 Å². The van der Waals surface area contributed by atoms with E-state index in [1.54, 1.807) is 0 Å². The lowest BCUT2D eigenvalue weighted by atomic mass is 10.0. The number of rotatable bonds is 3. The van der Waals surface area contributed by atoms with Crippen LogP contribution in [0.4, 0.5) is 0 Å². The third kappa shape index (κ3) is 2.69. The first-order valence-electron chi connectivity index (χ1n) is 5.23. The molecule has 3 heteroatoms. The molecule has 2 rings (SSSR count). The second-order valence-corrected chi connectivity index (χ2v) is 4.12. The minimum absolute atomic E-state index is 0.0329. The number of ether oxygens (including phenoxy) is 1. The van der Waals surface area contributed by atoms with E-state index in [0.717, 1.165) is 25.9 Å². The van der Waals surface area contributed by atoms with Gasteiger partial charge in [0.2, 0.25) is 0 Å². The molecule has 74 valence electrons. The number of carbonyl (C=O) groups is 1. The molecule has 13 heavy (non-hydrogen) atoms. The van der Waals surface area contributed by atoms with E-state index in [0.29, 0.717) is 12.5 Å². The smallest absolute Gasteiger partial charge is 0.308 e. The fraction of sp³-hybridized carbons (Fsp3) is 0.900. The Bertz CT molecular complexity index is 183. The standard InChI is InChI=1S/C10H17NO2/c12-10(9-3-4-9)13-7-8-2-1-5-11-6-8/h8-9,11H,1-7H2. The van der Waals surface area contributed by atoms with Crippen LogP contribution in [0.1, 0.15) is 25.7 Å². The average Bonchev–Trinajstić information content (AvgIpc) is 2.99. The summed E-state index contributed by atoms with van der Waals surface area (Å²) in [6.45, 7) is 2.76. The number of hydrogen-bond donors (Lipinski definition) is 1. The van der Waals surface area contributed by atoms with E-state index in [4.69, 9.17) is 4.74 Å². The Morgan fingerprint density at radius 3 is 2.85 bits per heavy atom. The molecule has 0 aromatic carbocycles. The third-order valence-corrected chi connectivity index (χ3v) is 2.77. The van der Waals surface area contributed by atoms with Crippen LogP contribution in [-0.2, 0) is 9.53 Å². The lowest BCUT2D eigenvalue weighted by Gasteiger charge is -2.22. The monoisotopic (exact) mass is 183 g/mol. The van der Waals surface area contributed by atoms with Crippen molar-refractivity contribution in [3.63, 3.8) is 0 Å². The van der Waals surface area contributed by atoms with Crippen LogP contribution in [0.25, 0.3) is 0 Å². The minimum atomic E-state index is 0.0329. The van der Waals surface area contributed by atoms with Crippen LogP contribution in [0.15, 0.2) is 0 Å². The maximum atomic E-state index is 11.2. The summed E-state index contributed by atoms with van der Waals surface area (Å²) in [5.41, 5.74) is 0. The largest absolute Gasteiger partial charge is 0.465 e. The van der Waals surface area contributed by atoms with Gasteiger partial charge in [-0.05, 0) is 32.2 Å². The molecule has 0 spiro atoms. The lowest BCUT2D eigenvalue weighted by molar-refractivity contribution is -0.146. The maximum absolute atomic E-state index is 11.2. The molecule has 2 fully saturated rings.